The van der Waals surface area contributed by atoms with Crippen LogP contribution in [0.4, 0.5) is 0 Å². The number of esters is 1. The van der Waals surface area contributed by atoms with Gasteiger partial charge in [0.05, 0.1) is 55.0 Å². The lowest BCUT2D eigenvalue weighted by Crippen LogP contribution is -2.70. The largest absolute Gasteiger partial charge is 0.465 e. The summed E-state index contributed by atoms with van der Waals surface area (Å²) in [6.07, 6.45) is 11.1. The van der Waals surface area contributed by atoms with Crippen LogP contribution in [0, 0.1) is 63.6 Å². The van der Waals surface area contributed by atoms with Gasteiger partial charge in [0.2, 0.25) is 10.0 Å². The summed E-state index contributed by atoms with van der Waals surface area (Å²) in [4.78, 5) is 14.8. The number of methoxy groups -OCH3 is 1. The minimum atomic E-state index is -3.77. The number of allylic oxidation sites excluding steroid dienone is 1. The minimum absolute atomic E-state index is 0.0117. The molecule has 2 bridgehead atoms. The number of carbonyl (C=O) groups excluding carboxylic acids is 1. The topological polar surface area (TPSA) is 100 Å². The Hall–Kier alpha value is -1.78. The number of unbranched alkanes of at least 4 members (excludes halogenated alkanes) is 1. The predicted octanol–water partition coefficient (Wildman–Crippen LogP) is 10.1. The molecule has 1 aromatic rings. The number of fused-ring (bicyclic) bond motifs is 3. The van der Waals surface area contributed by atoms with Gasteiger partial charge in [0.25, 0.3) is 0 Å². The molecule has 1 N–H and O–H groups in total. The van der Waals surface area contributed by atoms with E-state index in [4.69, 9.17) is 18.9 Å². The smallest absolute Gasteiger partial charge is 0.310 e. The summed E-state index contributed by atoms with van der Waals surface area (Å²) in [6, 6.07) is 7.02. The molecule has 11 atom stereocenters. The average Bonchev–Trinajstić information content (AvgIpc) is 3.17. The Morgan fingerprint density at radius 2 is 1.67 bits per heavy atom. The lowest BCUT2D eigenvalue weighted by molar-refractivity contribution is -0.269. The van der Waals surface area contributed by atoms with E-state index in [1.165, 1.54) is 5.57 Å². The Balaban J connectivity index is 1.33. The molecular formula is C48H77NO7S. The number of sulfonamides is 1. The van der Waals surface area contributed by atoms with E-state index in [2.05, 4.69) is 66.2 Å². The molecule has 1 aromatic carbocycles. The molecule has 57 heavy (non-hydrogen) atoms. The van der Waals surface area contributed by atoms with Crippen LogP contribution in [-0.4, -0.2) is 65.7 Å². The molecule has 0 aromatic heterocycles. The molecule has 6 rings (SSSR count). The van der Waals surface area contributed by atoms with Crippen molar-refractivity contribution in [2.75, 3.05) is 33.5 Å². The Morgan fingerprint density at radius 1 is 0.982 bits per heavy atom. The number of benzene rings is 1. The molecule has 1 saturated heterocycles. The predicted molar refractivity (Wildman–Crippen MR) is 227 cm³/mol. The first kappa shape index (κ1) is 44.8. The van der Waals surface area contributed by atoms with Crippen molar-refractivity contribution < 1.29 is 32.2 Å². The Morgan fingerprint density at radius 3 is 2.28 bits per heavy atom. The van der Waals surface area contributed by atoms with Gasteiger partial charge < -0.3 is 18.9 Å². The van der Waals surface area contributed by atoms with Crippen molar-refractivity contribution in [2.24, 2.45) is 56.7 Å². The normalized spacial score (nSPS) is 38.4. The van der Waals surface area contributed by atoms with Crippen LogP contribution < -0.4 is 4.72 Å². The lowest BCUT2D eigenvalue weighted by atomic mass is 9.34. The molecule has 4 aliphatic carbocycles. The molecule has 0 unspecified atom stereocenters. The van der Waals surface area contributed by atoms with Crippen molar-refractivity contribution in [2.45, 2.75) is 163 Å². The summed E-state index contributed by atoms with van der Waals surface area (Å²) < 4.78 is 57.0. The fourth-order valence-corrected chi connectivity index (χ4v) is 14.9. The summed E-state index contributed by atoms with van der Waals surface area (Å²) >= 11 is 0. The van der Waals surface area contributed by atoms with Gasteiger partial charge in [-0.15, -0.1) is 0 Å². The second-order valence-electron chi connectivity index (χ2n) is 20.6. The summed E-state index contributed by atoms with van der Waals surface area (Å²) in [6.45, 7) is 26.8. The summed E-state index contributed by atoms with van der Waals surface area (Å²) in [5.74, 6) is 1.34. The molecule has 8 nitrogen and oxygen atoms in total. The van der Waals surface area contributed by atoms with Gasteiger partial charge in [-0.1, -0.05) is 105 Å². The molecule has 1 heterocycles. The third-order valence-electron chi connectivity index (χ3n) is 17.7. The molecule has 322 valence electrons. The quantitative estimate of drug-likeness (QED) is 0.107. The van der Waals surface area contributed by atoms with Crippen LogP contribution in [0.3, 0.4) is 0 Å². The molecule has 0 amide bonds. The molecule has 1 aliphatic heterocycles. The monoisotopic (exact) mass is 812 g/mol. The number of aryl methyl sites for hydroxylation is 1. The Bertz CT molecular complexity index is 1740. The van der Waals surface area contributed by atoms with Crippen LogP contribution in [0.2, 0.25) is 0 Å². The number of carbonyl (C=O) groups is 1. The zero-order valence-electron chi connectivity index (χ0n) is 37.6. The highest BCUT2D eigenvalue weighted by Gasteiger charge is 2.72. The van der Waals surface area contributed by atoms with E-state index in [1.807, 2.05) is 40.0 Å². The zero-order chi connectivity index (χ0) is 41.8. The fraction of sp³-hybridized carbons (Fsp3) is 0.812. The highest BCUT2D eigenvalue weighted by Crippen LogP contribution is 2.75. The van der Waals surface area contributed by atoms with Gasteiger partial charge in [0.15, 0.2) is 0 Å². The maximum absolute atomic E-state index is 14.5. The van der Waals surface area contributed by atoms with Crippen molar-refractivity contribution in [1.82, 2.24) is 4.72 Å². The van der Waals surface area contributed by atoms with Crippen molar-refractivity contribution >= 4 is 16.0 Å². The van der Waals surface area contributed by atoms with Gasteiger partial charge in [-0.25, -0.2) is 13.1 Å². The summed E-state index contributed by atoms with van der Waals surface area (Å²) in [5.41, 5.74) is 0.758. The van der Waals surface area contributed by atoms with Crippen molar-refractivity contribution in [1.29, 1.82) is 0 Å². The molecule has 0 spiro atoms. The number of ether oxygens (including phenoxy) is 4. The number of rotatable bonds is 15. The minimum Gasteiger partial charge on any atom is -0.465 e. The number of hydrogen-bond donors (Lipinski definition) is 1. The SMILES string of the molecule is CCCCOC(=O)[C@@H]1[C@@](C)([C@H](C)C(C)C)CC[C@]2(C)[C@H]3CC[C@@H]4[C@@]5(COC[C@]4(C)[C@@H](OCC(CC)(CC)NS(=O)(=O)c4ccc(C)cc4)[C@H](OC)C5)C3=CC[C@@]12C. The maximum atomic E-state index is 14.5. The average molecular weight is 812 g/mol. The maximum Gasteiger partial charge on any atom is 0.310 e. The fourth-order valence-electron chi connectivity index (χ4n) is 13.4. The Labute approximate surface area is 346 Å². The van der Waals surface area contributed by atoms with E-state index < -0.39 is 15.6 Å². The molecular weight excluding hydrogens is 735 g/mol. The van der Waals surface area contributed by atoms with Gasteiger partial charge in [0, 0.05) is 17.9 Å². The Kier molecular flexibility index (Phi) is 12.8. The number of hydrogen-bond acceptors (Lipinski definition) is 7. The third-order valence-corrected chi connectivity index (χ3v) is 19.3. The van der Waals surface area contributed by atoms with Crippen LogP contribution in [-0.2, 0) is 33.8 Å². The molecule has 4 fully saturated rings. The van der Waals surface area contributed by atoms with E-state index >= 15 is 0 Å². The molecule has 9 heteroatoms. The summed E-state index contributed by atoms with van der Waals surface area (Å²) in [5, 5.41) is 0. The van der Waals surface area contributed by atoms with Gasteiger partial charge in [-0.05, 0) is 117 Å². The van der Waals surface area contributed by atoms with E-state index in [9.17, 15) is 13.2 Å². The standard InChI is InChI=1S/C48H77NO7S/c1-13-16-27-55-42(50)40-43(8,34(7)32(4)5)25-26-45(10)36-21-22-39-44(9)29-54-31-48(39,37(36)23-24-46(40,45)11)28-38(53-12)41(44)56-30-47(14-2,15-3)49-57(51,52)35-19-17-33(6)18-20-35/h17-20,23,32,34,36,38-41,49H,13-16,21-22,24-31H2,1-12H3/t34-,36+,38-,39+,40-,41+,43-,44+,45-,46+,48+/m1/s1. The number of nitrogens with one attached hydrogen (secondary N) is 1. The molecule has 3 saturated carbocycles. The lowest BCUT2D eigenvalue weighted by Gasteiger charge is -2.71. The van der Waals surface area contributed by atoms with Crippen molar-refractivity contribution in [3.63, 3.8) is 0 Å². The van der Waals surface area contributed by atoms with Crippen molar-refractivity contribution in [3.8, 4) is 0 Å². The summed E-state index contributed by atoms with van der Waals surface area (Å²) in [7, 11) is -1.96. The van der Waals surface area contributed by atoms with Gasteiger partial charge in [-0.3, -0.25) is 4.79 Å². The van der Waals surface area contributed by atoms with Crippen LogP contribution in [0.25, 0.3) is 0 Å². The van der Waals surface area contributed by atoms with Crippen LogP contribution >= 0.6 is 0 Å². The van der Waals surface area contributed by atoms with Crippen LogP contribution in [0.5, 0.6) is 0 Å². The van der Waals surface area contributed by atoms with Crippen LogP contribution in [0.1, 0.15) is 139 Å². The second kappa shape index (κ2) is 16.2. The van der Waals surface area contributed by atoms with E-state index in [0.717, 1.165) is 56.9 Å². The van der Waals surface area contributed by atoms with Crippen molar-refractivity contribution in [3.05, 3.63) is 41.5 Å². The van der Waals surface area contributed by atoms with Gasteiger partial charge in [0.1, 0.15) is 0 Å². The van der Waals surface area contributed by atoms with Gasteiger partial charge in [-0.2, -0.15) is 0 Å². The first-order chi connectivity index (χ1) is 26.8. The zero-order valence-corrected chi connectivity index (χ0v) is 38.4. The highest BCUT2D eigenvalue weighted by atomic mass is 32.2. The second-order valence-corrected chi connectivity index (χ2v) is 22.3. The van der Waals surface area contributed by atoms with E-state index in [0.29, 0.717) is 56.3 Å². The first-order valence-corrected chi connectivity index (χ1v) is 24.0. The molecule has 5 aliphatic rings. The molecule has 0 radical (unpaired) electrons. The van der Waals surface area contributed by atoms with Crippen LogP contribution in [0.15, 0.2) is 40.8 Å². The third kappa shape index (κ3) is 7.21. The first-order valence-electron chi connectivity index (χ1n) is 22.5. The van der Waals surface area contributed by atoms with E-state index in [1.54, 1.807) is 12.1 Å². The van der Waals surface area contributed by atoms with Gasteiger partial charge >= 0.3 is 5.97 Å². The van der Waals surface area contributed by atoms with E-state index in [-0.39, 0.29) is 62.7 Å². The highest BCUT2D eigenvalue weighted by molar-refractivity contribution is 7.89.